The van der Waals surface area contributed by atoms with E-state index in [0.717, 1.165) is 25.7 Å². The molecule has 1 aliphatic heterocycles. The van der Waals surface area contributed by atoms with Crippen molar-refractivity contribution >= 4 is 11.8 Å². The molecule has 1 aromatic carbocycles. The van der Waals surface area contributed by atoms with Crippen LogP contribution in [0, 0.1) is 5.92 Å². The first-order valence-corrected chi connectivity index (χ1v) is 7.33. The molecule has 4 nitrogen and oxygen atoms in total. The minimum absolute atomic E-state index is 0.124. The third-order valence-electron chi connectivity index (χ3n) is 4.57. The molecule has 2 amide bonds. The van der Waals surface area contributed by atoms with Crippen LogP contribution in [0.5, 0.6) is 0 Å². The molecule has 1 aliphatic carbocycles. The number of amides is 2. The van der Waals surface area contributed by atoms with Gasteiger partial charge in [-0.25, -0.2) is 0 Å². The summed E-state index contributed by atoms with van der Waals surface area (Å²) < 4.78 is 0. The summed E-state index contributed by atoms with van der Waals surface area (Å²) in [5.74, 6) is 0.199. The van der Waals surface area contributed by atoms with Crippen molar-refractivity contribution in [3.63, 3.8) is 0 Å². The van der Waals surface area contributed by atoms with Crippen LogP contribution in [0.2, 0.25) is 0 Å². The van der Waals surface area contributed by atoms with Gasteiger partial charge in [0.25, 0.3) is 11.8 Å². The van der Waals surface area contributed by atoms with Gasteiger partial charge in [-0.1, -0.05) is 12.1 Å². The molecule has 1 saturated carbocycles. The average Bonchev–Trinajstić information content (AvgIpc) is 2.74. The molecule has 2 aliphatic rings. The fourth-order valence-electron chi connectivity index (χ4n) is 3.30. The third kappa shape index (κ3) is 2.24. The smallest absolute Gasteiger partial charge is 0.261 e. The van der Waals surface area contributed by atoms with Crippen molar-refractivity contribution in [1.82, 2.24) is 10.2 Å². The maximum atomic E-state index is 12.3. The van der Waals surface area contributed by atoms with Gasteiger partial charge >= 0.3 is 0 Å². The highest BCUT2D eigenvalue weighted by Crippen LogP contribution is 2.29. The highest BCUT2D eigenvalue weighted by molar-refractivity contribution is 6.21. The number of benzene rings is 1. The van der Waals surface area contributed by atoms with Gasteiger partial charge in [0.2, 0.25) is 0 Å². The number of fused-ring (bicyclic) bond motifs is 1. The van der Waals surface area contributed by atoms with Crippen molar-refractivity contribution in [2.45, 2.75) is 31.7 Å². The van der Waals surface area contributed by atoms with Crippen LogP contribution in [0.15, 0.2) is 24.3 Å². The zero-order valence-corrected chi connectivity index (χ0v) is 11.8. The maximum Gasteiger partial charge on any atom is 0.261 e. The topological polar surface area (TPSA) is 49.4 Å². The van der Waals surface area contributed by atoms with Gasteiger partial charge in [-0.2, -0.15) is 0 Å². The predicted octanol–water partition coefficient (Wildman–Crippen LogP) is 2.06. The van der Waals surface area contributed by atoms with Crippen LogP contribution in [0.4, 0.5) is 0 Å². The molecule has 0 unspecified atom stereocenters. The number of rotatable bonds is 3. The van der Waals surface area contributed by atoms with E-state index in [1.165, 1.54) is 4.90 Å². The first-order valence-electron chi connectivity index (χ1n) is 7.33. The van der Waals surface area contributed by atoms with Gasteiger partial charge in [0.1, 0.15) is 0 Å². The zero-order valence-electron chi connectivity index (χ0n) is 11.8. The van der Waals surface area contributed by atoms with Crippen LogP contribution < -0.4 is 5.32 Å². The Kier molecular flexibility index (Phi) is 3.57. The van der Waals surface area contributed by atoms with E-state index >= 15 is 0 Å². The molecule has 1 aromatic rings. The van der Waals surface area contributed by atoms with Gasteiger partial charge in [0.05, 0.1) is 11.1 Å². The summed E-state index contributed by atoms with van der Waals surface area (Å²) in [6.45, 7) is 0.572. The van der Waals surface area contributed by atoms with Crippen molar-refractivity contribution in [2.75, 3.05) is 13.6 Å². The molecule has 106 valence electrons. The minimum atomic E-state index is -0.124. The van der Waals surface area contributed by atoms with Gasteiger partial charge in [-0.15, -0.1) is 0 Å². The Morgan fingerprint density at radius 3 is 2.10 bits per heavy atom. The van der Waals surface area contributed by atoms with Crippen LogP contribution in [-0.4, -0.2) is 36.3 Å². The maximum absolute atomic E-state index is 12.3. The summed E-state index contributed by atoms with van der Waals surface area (Å²) in [7, 11) is 2.00. The molecule has 0 bridgehead atoms. The highest BCUT2D eigenvalue weighted by atomic mass is 16.2. The molecule has 0 atom stereocenters. The Labute approximate surface area is 119 Å². The average molecular weight is 272 g/mol. The van der Waals surface area contributed by atoms with Gasteiger partial charge in [0, 0.05) is 12.6 Å². The Bertz CT molecular complexity index is 498. The SMILES string of the molecule is CNC1CCC(CN2C(=O)c3ccccc3C2=O)CC1. The molecule has 0 radical (unpaired) electrons. The quantitative estimate of drug-likeness (QED) is 0.857. The van der Waals surface area contributed by atoms with Crippen molar-refractivity contribution in [2.24, 2.45) is 5.92 Å². The second-order valence-corrected chi connectivity index (χ2v) is 5.77. The summed E-state index contributed by atoms with van der Waals surface area (Å²) in [4.78, 5) is 26.0. The molecule has 1 heterocycles. The molecule has 0 spiro atoms. The van der Waals surface area contributed by atoms with Crippen LogP contribution in [0.25, 0.3) is 0 Å². The number of carbonyl (C=O) groups is 2. The monoisotopic (exact) mass is 272 g/mol. The molecule has 1 N–H and O–H groups in total. The van der Waals surface area contributed by atoms with Gasteiger partial charge < -0.3 is 5.32 Å². The molecule has 3 rings (SSSR count). The first kappa shape index (κ1) is 13.3. The minimum Gasteiger partial charge on any atom is -0.317 e. The number of imide groups is 1. The second kappa shape index (κ2) is 5.37. The lowest BCUT2D eigenvalue weighted by molar-refractivity contribution is 0.0613. The fourth-order valence-corrected chi connectivity index (χ4v) is 3.30. The number of hydrogen-bond acceptors (Lipinski definition) is 3. The summed E-state index contributed by atoms with van der Waals surface area (Å²) in [5.41, 5.74) is 1.11. The van der Waals surface area contributed by atoms with Crippen molar-refractivity contribution in [1.29, 1.82) is 0 Å². The molecule has 4 heteroatoms. The van der Waals surface area contributed by atoms with E-state index in [9.17, 15) is 9.59 Å². The van der Waals surface area contributed by atoms with E-state index in [1.807, 2.05) is 19.2 Å². The van der Waals surface area contributed by atoms with Crippen LogP contribution in [0.1, 0.15) is 46.4 Å². The lowest BCUT2D eigenvalue weighted by Crippen LogP contribution is -2.38. The van der Waals surface area contributed by atoms with Gasteiger partial charge in [0.15, 0.2) is 0 Å². The molecular formula is C16H20N2O2. The molecule has 0 aromatic heterocycles. The lowest BCUT2D eigenvalue weighted by Gasteiger charge is -2.30. The number of carbonyl (C=O) groups excluding carboxylic acids is 2. The van der Waals surface area contributed by atoms with E-state index < -0.39 is 0 Å². The standard InChI is InChI=1S/C16H20N2O2/c1-17-12-8-6-11(7-9-12)10-18-15(19)13-4-2-3-5-14(13)16(18)20/h2-5,11-12,17H,6-10H2,1H3. The first-order chi connectivity index (χ1) is 9.70. The van der Waals surface area contributed by atoms with Crippen molar-refractivity contribution in [3.05, 3.63) is 35.4 Å². The van der Waals surface area contributed by atoms with E-state index in [1.54, 1.807) is 12.1 Å². The van der Waals surface area contributed by atoms with E-state index in [0.29, 0.717) is 29.6 Å². The highest BCUT2D eigenvalue weighted by Gasteiger charge is 2.36. The summed E-state index contributed by atoms with van der Waals surface area (Å²) in [5, 5.41) is 3.30. The Hall–Kier alpha value is -1.68. The molecule has 0 saturated heterocycles. The van der Waals surface area contributed by atoms with E-state index in [2.05, 4.69) is 5.32 Å². The van der Waals surface area contributed by atoms with Crippen molar-refractivity contribution < 1.29 is 9.59 Å². The molecule has 20 heavy (non-hydrogen) atoms. The predicted molar refractivity (Wildman–Crippen MR) is 76.6 cm³/mol. The molecule has 1 fully saturated rings. The normalized spacial score (nSPS) is 25.9. The second-order valence-electron chi connectivity index (χ2n) is 5.77. The van der Waals surface area contributed by atoms with Gasteiger partial charge in [-0.05, 0) is 50.8 Å². The van der Waals surface area contributed by atoms with Crippen LogP contribution in [0.3, 0.4) is 0 Å². The van der Waals surface area contributed by atoms with Gasteiger partial charge in [-0.3, -0.25) is 14.5 Å². The van der Waals surface area contributed by atoms with E-state index in [-0.39, 0.29) is 11.8 Å². The lowest BCUT2D eigenvalue weighted by atomic mass is 9.86. The molecular weight excluding hydrogens is 252 g/mol. The summed E-state index contributed by atoms with van der Waals surface area (Å²) in [6.07, 6.45) is 4.42. The Morgan fingerprint density at radius 1 is 1.05 bits per heavy atom. The van der Waals surface area contributed by atoms with Crippen LogP contribution in [-0.2, 0) is 0 Å². The zero-order chi connectivity index (χ0) is 14.1. The Balaban J connectivity index is 1.68. The third-order valence-corrected chi connectivity index (χ3v) is 4.57. The van der Waals surface area contributed by atoms with Crippen LogP contribution >= 0.6 is 0 Å². The Morgan fingerprint density at radius 2 is 1.60 bits per heavy atom. The largest absolute Gasteiger partial charge is 0.317 e. The number of nitrogens with one attached hydrogen (secondary N) is 1. The fraction of sp³-hybridized carbons (Fsp3) is 0.500. The van der Waals surface area contributed by atoms with Crippen molar-refractivity contribution in [3.8, 4) is 0 Å². The number of hydrogen-bond donors (Lipinski definition) is 1. The summed E-state index contributed by atoms with van der Waals surface area (Å²) in [6, 6.07) is 7.70. The number of nitrogens with zero attached hydrogens (tertiary/aromatic N) is 1. The summed E-state index contributed by atoms with van der Waals surface area (Å²) >= 11 is 0. The van der Waals surface area contributed by atoms with E-state index in [4.69, 9.17) is 0 Å².